The molecule has 0 saturated carbocycles. The fourth-order valence-corrected chi connectivity index (χ4v) is 4.79. The van der Waals surface area contributed by atoms with Crippen molar-refractivity contribution in [2.24, 2.45) is 11.8 Å². The van der Waals surface area contributed by atoms with E-state index >= 15 is 0 Å². The molecule has 0 aliphatic carbocycles. The number of alkyl carbamates (subject to hydrolysis) is 1. The summed E-state index contributed by atoms with van der Waals surface area (Å²) in [5.74, 6) is -1.68. The van der Waals surface area contributed by atoms with Crippen molar-refractivity contribution >= 4 is 23.7 Å². The standard InChI is InChI=1S/C30H40N2O8/c1-17(2)28(35)39-24-15-27(34)31-22-12-21(13-23(33)14-22)10-18(3)8-7-9-26(38-6)30(37)16-25(40-29(36)32-30)20(5)11-19(24)4/h7-9,11-14,17,20,24-26,33,37H,10,15-16H2,1-6H3,(H,31,34)(H,32,36)/b9-7+,18-8+,19-11+/t20-,24-,25-,26+,30+/m0/s1. The molecule has 1 fully saturated rings. The number of anilines is 1. The predicted octanol–water partition coefficient (Wildman–Crippen LogP) is 4.13. The van der Waals surface area contributed by atoms with Crippen LogP contribution in [0.25, 0.3) is 0 Å². The van der Waals surface area contributed by atoms with Gasteiger partial charge in [0.2, 0.25) is 5.91 Å². The number of phenols is 1. The van der Waals surface area contributed by atoms with E-state index in [9.17, 15) is 24.6 Å². The topological polar surface area (TPSA) is 143 Å². The molecule has 2 aliphatic rings. The van der Waals surface area contributed by atoms with Crippen LogP contribution < -0.4 is 10.6 Å². The zero-order valence-electron chi connectivity index (χ0n) is 23.9. The maximum Gasteiger partial charge on any atom is 0.409 e. The molecule has 1 aromatic carbocycles. The van der Waals surface area contributed by atoms with Crippen molar-refractivity contribution in [1.82, 2.24) is 5.32 Å². The van der Waals surface area contributed by atoms with Crippen LogP contribution in [0.3, 0.4) is 0 Å². The molecular formula is C30H40N2O8. The SMILES string of the molecule is CO[C@@H]1/C=C/C=C(\C)Cc2cc(O)cc(c2)NC(=O)C[C@H](OC(=O)C(C)C)/C(C)=C/[C@H](C)[C@@H]2C[C@]1(O)NC(=O)O2. The van der Waals surface area contributed by atoms with Gasteiger partial charge in [-0.25, -0.2) is 4.79 Å². The van der Waals surface area contributed by atoms with Crippen LogP contribution in [0, 0.1) is 11.8 Å². The lowest BCUT2D eigenvalue weighted by Crippen LogP contribution is -2.63. The van der Waals surface area contributed by atoms with E-state index in [2.05, 4.69) is 10.6 Å². The summed E-state index contributed by atoms with van der Waals surface area (Å²) < 4.78 is 16.7. The van der Waals surface area contributed by atoms with E-state index in [1.54, 1.807) is 51.1 Å². The van der Waals surface area contributed by atoms with Crippen LogP contribution in [0.2, 0.25) is 0 Å². The summed E-state index contributed by atoms with van der Waals surface area (Å²) in [4.78, 5) is 38.0. The molecule has 218 valence electrons. The normalized spacial score (nSPS) is 31.5. The predicted molar refractivity (Wildman–Crippen MR) is 149 cm³/mol. The van der Waals surface area contributed by atoms with Gasteiger partial charge >= 0.3 is 12.1 Å². The van der Waals surface area contributed by atoms with E-state index in [0.717, 1.165) is 11.1 Å². The Morgan fingerprint density at radius 1 is 1.20 bits per heavy atom. The molecule has 4 bridgehead atoms. The van der Waals surface area contributed by atoms with E-state index < -0.39 is 53.8 Å². The van der Waals surface area contributed by atoms with Crippen molar-refractivity contribution in [2.75, 3.05) is 12.4 Å². The van der Waals surface area contributed by atoms with Crippen LogP contribution in [-0.2, 0) is 30.2 Å². The van der Waals surface area contributed by atoms with Crippen molar-refractivity contribution < 1.29 is 38.8 Å². The largest absolute Gasteiger partial charge is 0.508 e. The van der Waals surface area contributed by atoms with Gasteiger partial charge in [-0.3, -0.25) is 14.9 Å². The summed E-state index contributed by atoms with van der Waals surface area (Å²) in [6, 6.07) is 4.83. The number of phenolic OH excluding ortho intramolecular Hbond substituents is 1. The number of hydrogen-bond acceptors (Lipinski definition) is 8. The maximum absolute atomic E-state index is 13.1. The van der Waals surface area contributed by atoms with Crippen LogP contribution >= 0.6 is 0 Å². The first-order valence-electron chi connectivity index (χ1n) is 13.4. The minimum absolute atomic E-state index is 0.000550. The zero-order valence-corrected chi connectivity index (χ0v) is 23.9. The third-order valence-electron chi connectivity index (χ3n) is 6.95. The van der Waals surface area contributed by atoms with Gasteiger partial charge in [0.25, 0.3) is 0 Å². The molecule has 2 heterocycles. The van der Waals surface area contributed by atoms with Crippen molar-refractivity contribution in [3.8, 4) is 5.75 Å². The van der Waals surface area contributed by atoms with Crippen molar-refractivity contribution in [3.63, 3.8) is 0 Å². The zero-order chi connectivity index (χ0) is 29.6. The molecule has 40 heavy (non-hydrogen) atoms. The number of allylic oxidation sites excluding steroid dienone is 3. The van der Waals surface area contributed by atoms with Crippen molar-refractivity contribution in [1.29, 1.82) is 0 Å². The van der Waals surface area contributed by atoms with Gasteiger partial charge in [-0.1, -0.05) is 50.6 Å². The molecule has 0 unspecified atom stereocenters. The molecule has 5 atom stereocenters. The van der Waals surface area contributed by atoms with Gasteiger partial charge in [-0.15, -0.1) is 0 Å². The summed E-state index contributed by atoms with van der Waals surface area (Å²) in [6.45, 7) is 8.86. The minimum atomic E-state index is -1.74. The van der Waals surface area contributed by atoms with Gasteiger partial charge < -0.3 is 29.7 Å². The van der Waals surface area contributed by atoms with E-state index in [1.807, 2.05) is 19.9 Å². The van der Waals surface area contributed by atoms with E-state index in [4.69, 9.17) is 14.2 Å². The summed E-state index contributed by atoms with van der Waals surface area (Å²) in [7, 11) is 1.44. The highest BCUT2D eigenvalue weighted by Crippen LogP contribution is 2.30. The van der Waals surface area contributed by atoms with E-state index in [1.165, 1.54) is 13.2 Å². The van der Waals surface area contributed by atoms with Crippen LogP contribution in [0.5, 0.6) is 5.75 Å². The maximum atomic E-state index is 13.1. The molecule has 10 nitrogen and oxygen atoms in total. The molecule has 2 amide bonds. The lowest BCUT2D eigenvalue weighted by Gasteiger charge is -2.41. The fourth-order valence-electron chi connectivity index (χ4n) is 4.79. The number of hydrogen-bond donors (Lipinski definition) is 4. The molecule has 2 aliphatic heterocycles. The number of nitrogens with one attached hydrogen (secondary N) is 2. The number of carbonyl (C=O) groups excluding carboxylic acids is 3. The number of ether oxygens (including phenoxy) is 3. The molecule has 10 heteroatoms. The molecule has 1 aromatic rings. The number of aliphatic hydroxyl groups is 1. The summed E-state index contributed by atoms with van der Waals surface area (Å²) in [5.41, 5.74) is 0.965. The van der Waals surface area contributed by atoms with Gasteiger partial charge in [-0.2, -0.15) is 0 Å². The summed E-state index contributed by atoms with van der Waals surface area (Å²) in [5, 5.41) is 27.0. The first-order chi connectivity index (χ1) is 18.8. The van der Waals surface area contributed by atoms with Crippen molar-refractivity contribution in [2.45, 2.75) is 77.9 Å². The third-order valence-corrected chi connectivity index (χ3v) is 6.95. The van der Waals surface area contributed by atoms with Crippen LogP contribution in [0.4, 0.5) is 10.5 Å². The highest BCUT2D eigenvalue weighted by atomic mass is 16.6. The third kappa shape index (κ3) is 8.19. The minimum Gasteiger partial charge on any atom is -0.508 e. The highest BCUT2D eigenvalue weighted by molar-refractivity contribution is 5.91. The second-order valence-electron chi connectivity index (χ2n) is 10.9. The highest BCUT2D eigenvalue weighted by Gasteiger charge is 2.46. The molecule has 0 aromatic heterocycles. The fraction of sp³-hybridized carbons (Fsp3) is 0.500. The van der Waals surface area contributed by atoms with Gasteiger partial charge in [0.1, 0.15) is 24.1 Å². The summed E-state index contributed by atoms with van der Waals surface area (Å²) >= 11 is 0. The molecular weight excluding hydrogens is 516 g/mol. The molecule has 0 radical (unpaired) electrons. The average Bonchev–Trinajstić information content (AvgIpc) is 2.84. The first kappa shape index (κ1) is 30.9. The number of esters is 1. The molecule has 4 N–H and O–H groups in total. The molecule has 1 saturated heterocycles. The Hall–Kier alpha value is -3.63. The number of carbonyl (C=O) groups is 3. The molecule has 0 spiro atoms. The quantitative estimate of drug-likeness (QED) is 0.321. The Labute approximate surface area is 235 Å². The number of fused-ring (bicyclic) bond motifs is 4. The van der Waals surface area contributed by atoms with Gasteiger partial charge in [0.05, 0.1) is 12.3 Å². The van der Waals surface area contributed by atoms with Crippen molar-refractivity contribution in [3.05, 3.63) is 59.2 Å². The lowest BCUT2D eigenvalue weighted by atomic mass is 9.89. The van der Waals surface area contributed by atoms with Crippen LogP contribution in [0.15, 0.2) is 53.6 Å². The first-order valence-corrected chi connectivity index (χ1v) is 13.4. The average molecular weight is 557 g/mol. The Kier molecular flexibility index (Phi) is 10.2. The second kappa shape index (κ2) is 13.1. The number of amides is 2. The number of aromatic hydroxyl groups is 1. The van der Waals surface area contributed by atoms with E-state index in [0.29, 0.717) is 17.7 Å². The van der Waals surface area contributed by atoms with Crippen LogP contribution in [0.1, 0.15) is 53.0 Å². The summed E-state index contributed by atoms with van der Waals surface area (Å²) in [6.07, 6.45) is 4.08. The molecule has 3 rings (SSSR count). The Morgan fingerprint density at radius 2 is 1.93 bits per heavy atom. The van der Waals surface area contributed by atoms with Gasteiger partial charge in [0, 0.05) is 31.2 Å². The Bertz CT molecular complexity index is 1200. The Balaban J connectivity index is 2.05. The second-order valence-corrected chi connectivity index (χ2v) is 10.9. The lowest BCUT2D eigenvalue weighted by molar-refractivity contribution is -0.151. The van der Waals surface area contributed by atoms with Gasteiger partial charge in [-0.05, 0) is 43.5 Å². The van der Waals surface area contributed by atoms with Gasteiger partial charge in [0.15, 0.2) is 5.72 Å². The Morgan fingerprint density at radius 3 is 2.60 bits per heavy atom. The number of methoxy groups -OCH3 is 1. The van der Waals surface area contributed by atoms with E-state index in [-0.39, 0.29) is 18.6 Å². The smallest absolute Gasteiger partial charge is 0.409 e. The number of rotatable bonds is 3. The number of benzene rings is 1. The van der Waals surface area contributed by atoms with Crippen LogP contribution in [-0.4, -0.2) is 59.3 Å². The monoisotopic (exact) mass is 556 g/mol.